The van der Waals surface area contributed by atoms with Crippen LogP contribution in [0.4, 0.5) is 5.95 Å². The maximum Gasteiger partial charge on any atom is 0.223 e. The van der Waals surface area contributed by atoms with Crippen LogP contribution in [0, 0.1) is 6.92 Å². The molecule has 2 aromatic rings. The quantitative estimate of drug-likeness (QED) is 0.915. The lowest BCUT2D eigenvalue weighted by Crippen LogP contribution is -2.28. The molecule has 5 nitrogen and oxygen atoms in total. The second-order valence-electron chi connectivity index (χ2n) is 6.74. The summed E-state index contributed by atoms with van der Waals surface area (Å²) in [6.07, 6.45) is 5.11. The molecule has 0 bridgehead atoms. The van der Waals surface area contributed by atoms with E-state index in [1.807, 2.05) is 19.2 Å². The minimum atomic E-state index is 0.445. The summed E-state index contributed by atoms with van der Waals surface area (Å²) >= 11 is 0. The third-order valence-electron chi connectivity index (χ3n) is 4.87. The van der Waals surface area contributed by atoms with Gasteiger partial charge in [0.05, 0.1) is 6.61 Å². The number of fused-ring (bicyclic) bond motifs is 1. The zero-order valence-electron chi connectivity index (χ0n) is 14.2. The highest BCUT2D eigenvalue weighted by atomic mass is 16.5. The number of nitrogens with one attached hydrogen (secondary N) is 1. The zero-order valence-corrected chi connectivity index (χ0v) is 14.2. The lowest BCUT2D eigenvalue weighted by Gasteiger charge is -2.17. The normalized spacial score (nSPS) is 20.0. The molecule has 1 N–H and O–H groups in total. The first-order valence-electron chi connectivity index (χ1n) is 8.79. The van der Waals surface area contributed by atoms with Crippen molar-refractivity contribution in [2.24, 2.45) is 0 Å². The van der Waals surface area contributed by atoms with E-state index in [0.29, 0.717) is 6.04 Å². The smallest absolute Gasteiger partial charge is 0.223 e. The van der Waals surface area contributed by atoms with Crippen molar-refractivity contribution in [2.75, 3.05) is 31.6 Å². The molecule has 1 atom stereocenters. The predicted octanol–water partition coefficient (Wildman–Crippen LogP) is 2.45. The fraction of sp³-hybridized carbons (Fsp3) is 0.474. The summed E-state index contributed by atoms with van der Waals surface area (Å²) in [5.74, 6) is 1.82. The third-order valence-corrected chi connectivity index (χ3v) is 4.87. The molecule has 126 valence electrons. The van der Waals surface area contributed by atoms with Gasteiger partial charge in [-0.3, -0.25) is 0 Å². The van der Waals surface area contributed by atoms with E-state index < -0.39 is 0 Å². The lowest BCUT2D eigenvalue weighted by atomic mass is 10.1. The topological polar surface area (TPSA) is 50.3 Å². The Bertz CT molecular complexity index is 718. The molecule has 1 aromatic carbocycles. The van der Waals surface area contributed by atoms with Gasteiger partial charge in [0.1, 0.15) is 5.75 Å². The van der Waals surface area contributed by atoms with Gasteiger partial charge < -0.3 is 15.0 Å². The molecule has 1 unspecified atom stereocenters. The Labute approximate surface area is 143 Å². The summed E-state index contributed by atoms with van der Waals surface area (Å²) in [4.78, 5) is 11.3. The zero-order chi connectivity index (χ0) is 16.4. The van der Waals surface area contributed by atoms with Crippen LogP contribution in [0.2, 0.25) is 0 Å². The van der Waals surface area contributed by atoms with E-state index >= 15 is 0 Å². The number of likely N-dealkylation sites (tertiary alicyclic amines) is 1. The van der Waals surface area contributed by atoms with Crippen molar-refractivity contribution < 1.29 is 4.74 Å². The van der Waals surface area contributed by atoms with Crippen molar-refractivity contribution in [3.05, 3.63) is 47.3 Å². The fourth-order valence-corrected chi connectivity index (χ4v) is 3.54. The number of ether oxygens (including phenoxy) is 1. The van der Waals surface area contributed by atoms with Crippen LogP contribution in [-0.2, 0) is 12.8 Å². The highest BCUT2D eigenvalue weighted by Crippen LogP contribution is 2.26. The third kappa shape index (κ3) is 3.51. The Morgan fingerprint density at radius 2 is 2.29 bits per heavy atom. The molecule has 0 spiro atoms. The Kier molecular flexibility index (Phi) is 4.34. The molecule has 2 aliphatic rings. The summed E-state index contributed by atoms with van der Waals surface area (Å²) in [6, 6.07) is 9.01. The number of hydrogen-bond acceptors (Lipinski definition) is 5. The monoisotopic (exact) mass is 324 g/mol. The van der Waals surface area contributed by atoms with Crippen molar-refractivity contribution in [3.63, 3.8) is 0 Å². The Morgan fingerprint density at radius 3 is 3.21 bits per heavy atom. The molecular formula is C19H24N4O. The maximum atomic E-state index is 5.58. The van der Waals surface area contributed by atoms with Crippen molar-refractivity contribution in [3.8, 4) is 5.75 Å². The van der Waals surface area contributed by atoms with Crippen molar-refractivity contribution in [2.45, 2.75) is 32.2 Å². The first kappa shape index (κ1) is 15.4. The molecule has 2 aliphatic heterocycles. The van der Waals surface area contributed by atoms with Crippen LogP contribution in [0.3, 0.4) is 0 Å². The van der Waals surface area contributed by atoms with Gasteiger partial charge in [-0.2, -0.15) is 0 Å². The van der Waals surface area contributed by atoms with E-state index in [0.717, 1.165) is 62.9 Å². The lowest BCUT2D eigenvalue weighted by molar-refractivity contribution is 0.340. The first-order valence-corrected chi connectivity index (χ1v) is 8.79. The molecule has 0 aliphatic carbocycles. The van der Waals surface area contributed by atoms with Gasteiger partial charge in [0, 0.05) is 44.0 Å². The average molecular weight is 324 g/mol. The van der Waals surface area contributed by atoms with Crippen molar-refractivity contribution >= 4 is 5.95 Å². The Morgan fingerprint density at radius 1 is 1.33 bits per heavy atom. The van der Waals surface area contributed by atoms with E-state index in [1.54, 1.807) is 0 Å². The van der Waals surface area contributed by atoms with Gasteiger partial charge in [0.2, 0.25) is 5.95 Å². The largest absolute Gasteiger partial charge is 0.493 e. The van der Waals surface area contributed by atoms with Gasteiger partial charge in [0.25, 0.3) is 0 Å². The molecule has 0 amide bonds. The first-order chi connectivity index (χ1) is 11.8. The molecule has 1 aromatic heterocycles. The molecule has 1 fully saturated rings. The standard InChI is InChI=1S/C19H24N4O/c1-14-4-8-20-19(21-14)22-17-6-10-23(13-17)9-5-15-2-3-18-16(12-15)7-11-24-18/h2-4,8,12,17H,5-7,9-11,13H2,1H3,(H,20,21,22). The average Bonchev–Trinajstić information content (AvgIpc) is 3.21. The number of rotatable bonds is 5. The number of benzene rings is 1. The van der Waals surface area contributed by atoms with Crippen LogP contribution in [0.25, 0.3) is 0 Å². The summed E-state index contributed by atoms with van der Waals surface area (Å²) < 4.78 is 5.58. The van der Waals surface area contributed by atoms with Crippen LogP contribution in [0.1, 0.15) is 23.2 Å². The van der Waals surface area contributed by atoms with Gasteiger partial charge in [-0.05, 0) is 43.0 Å². The highest BCUT2D eigenvalue weighted by Gasteiger charge is 2.22. The van der Waals surface area contributed by atoms with E-state index in [4.69, 9.17) is 4.74 Å². The number of aromatic nitrogens is 2. The van der Waals surface area contributed by atoms with Gasteiger partial charge in [-0.15, -0.1) is 0 Å². The van der Waals surface area contributed by atoms with E-state index in [-0.39, 0.29) is 0 Å². The van der Waals surface area contributed by atoms with Gasteiger partial charge in [-0.1, -0.05) is 12.1 Å². The predicted molar refractivity (Wildman–Crippen MR) is 94.6 cm³/mol. The van der Waals surface area contributed by atoms with Gasteiger partial charge in [0.15, 0.2) is 0 Å². The summed E-state index contributed by atoms with van der Waals surface area (Å²) in [5.41, 5.74) is 3.78. The minimum absolute atomic E-state index is 0.445. The Hall–Kier alpha value is -2.14. The summed E-state index contributed by atoms with van der Waals surface area (Å²) in [7, 11) is 0. The van der Waals surface area contributed by atoms with Crippen LogP contribution in [0.5, 0.6) is 5.75 Å². The number of hydrogen-bond donors (Lipinski definition) is 1. The number of aryl methyl sites for hydroxylation is 1. The molecule has 1 saturated heterocycles. The number of nitrogens with zero attached hydrogens (tertiary/aromatic N) is 3. The van der Waals surface area contributed by atoms with Crippen molar-refractivity contribution in [1.29, 1.82) is 0 Å². The SMILES string of the molecule is Cc1ccnc(NC2CCN(CCc3ccc4c(c3)CCO4)C2)n1. The highest BCUT2D eigenvalue weighted by molar-refractivity contribution is 5.39. The maximum absolute atomic E-state index is 5.58. The van der Waals surface area contributed by atoms with Crippen molar-refractivity contribution in [1.82, 2.24) is 14.9 Å². The molecule has 0 radical (unpaired) electrons. The minimum Gasteiger partial charge on any atom is -0.493 e. The molecule has 0 saturated carbocycles. The van der Waals surface area contributed by atoms with E-state index in [2.05, 4.69) is 38.4 Å². The van der Waals surface area contributed by atoms with Crippen LogP contribution >= 0.6 is 0 Å². The Balaban J connectivity index is 1.28. The van der Waals surface area contributed by atoms with E-state index in [9.17, 15) is 0 Å². The van der Waals surface area contributed by atoms with E-state index in [1.165, 1.54) is 11.1 Å². The molecule has 3 heterocycles. The second-order valence-corrected chi connectivity index (χ2v) is 6.74. The van der Waals surface area contributed by atoms with Crippen LogP contribution in [0.15, 0.2) is 30.5 Å². The van der Waals surface area contributed by atoms with Gasteiger partial charge >= 0.3 is 0 Å². The molecule has 24 heavy (non-hydrogen) atoms. The summed E-state index contributed by atoms with van der Waals surface area (Å²) in [5, 5.41) is 3.46. The molecular weight excluding hydrogens is 300 g/mol. The van der Waals surface area contributed by atoms with Crippen LogP contribution < -0.4 is 10.1 Å². The molecule has 5 heteroatoms. The van der Waals surface area contributed by atoms with Gasteiger partial charge in [-0.25, -0.2) is 9.97 Å². The second kappa shape index (κ2) is 6.77. The number of anilines is 1. The molecule has 4 rings (SSSR count). The van der Waals surface area contributed by atoms with Crippen LogP contribution in [-0.4, -0.2) is 47.2 Å². The summed E-state index contributed by atoms with van der Waals surface area (Å²) in [6.45, 7) is 6.13. The fourth-order valence-electron chi connectivity index (χ4n) is 3.54.